The van der Waals surface area contributed by atoms with E-state index in [1.54, 1.807) is 11.6 Å². The predicted octanol–water partition coefficient (Wildman–Crippen LogP) is 4.62. The van der Waals surface area contributed by atoms with E-state index in [9.17, 15) is 9.59 Å². The quantitative estimate of drug-likeness (QED) is 0.359. The summed E-state index contributed by atoms with van der Waals surface area (Å²) in [6.45, 7) is 13.1. The number of piperidine rings is 1. The van der Waals surface area contributed by atoms with Gasteiger partial charge in [0, 0.05) is 37.5 Å². The molecule has 3 aromatic rings. The number of halogens is 2. The van der Waals surface area contributed by atoms with Gasteiger partial charge >= 0.3 is 5.97 Å². The van der Waals surface area contributed by atoms with Gasteiger partial charge in [-0.1, -0.05) is 19.9 Å². The Labute approximate surface area is 243 Å². The van der Waals surface area contributed by atoms with Crippen molar-refractivity contribution >= 4 is 41.8 Å². The van der Waals surface area contributed by atoms with Crippen LogP contribution in [0.15, 0.2) is 35.3 Å². The summed E-state index contributed by atoms with van der Waals surface area (Å²) >= 11 is 0. The molecule has 1 aliphatic heterocycles. The number of nitrogens with zero attached hydrogens (tertiary/aromatic N) is 3. The fourth-order valence-electron chi connectivity index (χ4n) is 5.15. The minimum atomic E-state index is -0.375. The van der Waals surface area contributed by atoms with E-state index in [-0.39, 0.29) is 54.4 Å². The summed E-state index contributed by atoms with van der Waals surface area (Å²) in [5.74, 6) is 1.29. The first kappa shape index (κ1) is 32.8. The molecule has 0 bridgehead atoms. The highest BCUT2D eigenvalue weighted by molar-refractivity contribution is 5.85. The molecule has 0 radical (unpaired) electrons. The Morgan fingerprint density at radius 2 is 1.95 bits per heavy atom. The number of hydrogen-bond acceptors (Lipinski definition) is 6. The normalized spacial score (nSPS) is 16.2. The van der Waals surface area contributed by atoms with Crippen molar-refractivity contribution in [2.24, 2.45) is 18.9 Å². The fraction of sp³-hybridized carbons (Fsp3) is 0.552. The second-order valence-electron chi connectivity index (χ2n) is 11.0. The molecule has 1 aromatic carbocycles. The van der Waals surface area contributed by atoms with Crippen LogP contribution in [0, 0.1) is 18.8 Å². The molecule has 1 fully saturated rings. The van der Waals surface area contributed by atoms with E-state index >= 15 is 0 Å². The van der Waals surface area contributed by atoms with Crippen molar-refractivity contribution in [2.45, 2.75) is 72.7 Å². The number of imidazole rings is 1. The highest BCUT2D eigenvalue weighted by atomic mass is 35.5. The first-order valence-corrected chi connectivity index (χ1v) is 13.5. The average molecular weight is 581 g/mol. The van der Waals surface area contributed by atoms with E-state index in [1.807, 2.05) is 46.9 Å². The van der Waals surface area contributed by atoms with Crippen LogP contribution in [-0.2, 0) is 29.7 Å². The van der Waals surface area contributed by atoms with E-state index in [2.05, 4.69) is 33.4 Å². The number of fused-ring (bicyclic) bond motifs is 1. The molecule has 0 spiro atoms. The molecule has 2 unspecified atom stereocenters. The fourth-order valence-corrected chi connectivity index (χ4v) is 5.15. The number of esters is 1. The van der Waals surface area contributed by atoms with Crippen LogP contribution in [0.25, 0.3) is 22.4 Å². The maximum atomic E-state index is 12.6. The van der Waals surface area contributed by atoms with Gasteiger partial charge in [-0.25, -0.2) is 4.98 Å². The maximum absolute atomic E-state index is 12.6. The molecule has 2 N–H and O–H groups in total. The van der Waals surface area contributed by atoms with Crippen molar-refractivity contribution in [1.82, 2.24) is 24.8 Å². The number of carbonyl (C=O) groups excluding carboxylic acids is 1. The van der Waals surface area contributed by atoms with Crippen molar-refractivity contribution in [3.63, 3.8) is 0 Å². The molecule has 2 aromatic heterocycles. The highest BCUT2D eigenvalue weighted by Crippen LogP contribution is 2.28. The van der Waals surface area contributed by atoms with Gasteiger partial charge in [0.25, 0.3) is 5.56 Å². The molecule has 1 saturated heterocycles. The topological polar surface area (TPSA) is 90.2 Å². The number of rotatable bonds is 9. The van der Waals surface area contributed by atoms with Crippen molar-refractivity contribution in [1.29, 1.82) is 0 Å². The van der Waals surface area contributed by atoms with Crippen LogP contribution in [0.3, 0.4) is 0 Å². The zero-order valence-corrected chi connectivity index (χ0v) is 25.5. The molecule has 8 nitrogen and oxygen atoms in total. The Hall–Kier alpha value is -2.39. The van der Waals surface area contributed by atoms with Crippen LogP contribution in [0.5, 0.6) is 0 Å². The van der Waals surface area contributed by atoms with Gasteiger partial charge in [-0.05, 0) is 82.3 Å². The summed E-state index contributed by atoms with van der Waals surface area (Å²) < 4.78 is 9.41. The SMILES string of the molecule is Cc1cc(-c2nc3ccc(CNC(C(=O)OC(C)C)C(C)C)cc3n2CC2CCCNC2)cn(C)c1=O.Cl.Cl. The van der Waals surface area contributed by atoms with Crippen molar-refractivity contribution in [3.05, 3.63) is 51.9 Å². The summed E-state index contributed by atoms with van der Waals surface area (Å²) in [5.41, 5.74) is 4.73. The van der Waals surface area contributed by atoms with E-state index in [0.717, 1.165) is 47.6 Å². The first-order chi connectivity index (χ1) is 17.6. The van der Waals surface area contributed by atoms with Gasteiger partial charge in [0.2, 0.25) is 0 Å². The monoisotopic (exact) mass is 579 g/mol. The molecule has 0 saturated carbocycles. The Bertz CT molecular complexity index is 1290. The smallest absolute Gasteiger partial charge is 0.323 e. The predicted molar refractivity (Wildman–Crippen MR) is 162 cm³/mol. The average Bonchev–Trinajstić information content (AvgIpc) is 3.20. The molecule has 0 amide bonds. The number of benzene rings is 1. The van der Waals surface area contributed by atoms with Crippen LogP contribution < -0.4 is 16.2 Å². The van der Waals surface area contributed by atoms with Crippen molar-refractivity contribution < 1.29 is 9.53 Å². The van der Waals surface area contributed by atoms with E-state index < -0.39 is 0 Å². The number of nitrogens with one attached hydrogen (secondary N) is 2. The maximum Gasteiger partial charge on any atom is 0.323 e. The zero-order chi connectivity index (χ0) is 26.7. The molecule has 10 heteroatoms. The van der Waals surface area contributed by atoms with Crippen molar-refractivity contribution in [3.8, 4) is 11.4 Å². The molecular formula is C29H43Cl2N5O3. The third-order valence-corrected chi connectivity index (χ3v) is 7.07. The van der Waals surface area contributed by atoms with Crippen LogP contribution in [-0.4, -0.2) is 45.3 Å². The summed E-state index contributed by atoms with van der Waals surface area (Å²) in [7, 11) is 1.79. The lowest BCUT2D eigenvalue weighted by atomic mass is 9.99. The van der Waals surface area contributed by atoms with Gasteiger partial charge in [0.15, 0.2) is 0 Å². The third-order valence-electron chi connectivity index (χ3n) is 7.07. The largest absolute Gasteiger partial charge is 0.462 e. The lowest BCUT2D eigenvalue weighted by molar-refractivity contribution is -0.151. The number of aryl methyl sites for hydroxylation is 2. The lowest BCUT2D eigenvalue weighted by Crippen LogP contribution is -2.42. The summed E-state index contributed by atoms with van der Waals surface area (Å²) in [4.78, 5) is 30.0. The van der Waals surface area contributed by atoms with Crippen molar-refractivity contribution in [2.75, 3.05) is 13.1 Å². The minimum absolute atomic E-state index is 0. The lowest BCUT2D eigenvalue weighted by Gasteiger charge is -2.24. The minimum Gasteiger partial charge on any atom is -0.462 e. The summed E-state index contributed by atoms with van der Waals surface area (Å²) in [6.07, 6.45) is 4.08. The zero-order valence-electron chi connectivity index (χ0n) is 23.8. The third kappa shape index (κ3) is 7.84. The Balaban J connectivity index is 0.00000267. The van der Waals surface area contributed by atoms with Gasteiger partial charge in [0.1, 0.15) is 11.9 Å². The first-order valence-electron chi connectivity index (χ1n) is 13.5. The van der Waals surface area contributed by atoms with Crippen LogP contribution in [0.2, 0.25) is 0 Å². The van der Waals surface area contributed by atoms with E-state index in [4.69, 9.17) is 9.72 Å². The molecule has 216 valence electrons. The number of pyridine rings is 1. The Morgan fingerprint density at radius 1 is 1.21 bits per heavy atom. The van der Waals surface area contributed by atoms with Crippen LogP contribution in [0.1, 0.15) is 51.7 Å². The summed E-state index contributed by atoms with van der Waals surface area (Å²) in [6, 6.07) is 7.86. The Kier molecular flexibility index (Phi) is 12.0. The second kappa shape index (κ2) is 14.3. The molecule has 39 heavy (non-hydrogen) atoms. The molecule has 1 aliphatic rings. The molecule has 3 heterocycles. The molecular weight excluding hydrogens is 537 g/mol. The number of hydrogen-bond donors (Lipinski definition) is 2. The van der Waals surface area contributed by atoms with E-state index in [0.29, 0.717) is 18.0 Å². The second-order valence-corrected chi connectivity index (χ2v) is 11.0. The molecule has 0 aliphatic carbocycles. The molecule has 2 atom stereocenters. The number of carbonyl (C=O) groups is 1. The number of aromatic nitrogens is 3. The highest BCUT2D eigenvalue weighted by Gasteiger charge is 2.24. The van der Waals surface area contributed by atoms with E-state index in [1.165, 1.54) is 12.8 Å². The van der Waals surface area contributed by atoms with Crippen LogP contribution >= 0.6 is 24.8 Å². The molecule has 4 rings (SSSR count). The number of ether oxygens (including phenoxy) is 1. The van der Waals surface area contributed by atoms with Gasteiger partial charge in [-0.3, -0.25) is 9.59 Å². The standard InChI is InChI=1S/C29H41N5O3.2ClH/c1-18(2)26(29(36)37-19(3)4)31-15-21-9-10-24-25(13-21)34(16-22-8-7-11-30-14-22)27(32-24)23-12-20(5)28(35)33(6)17-23;;/h9-10,12-13,17-19,22,26,30-31H,7-8,11,14-16H2,1-6H3;2*1H. The van der Waals surface area contributed by atoms with Crippen LogP contribution in [0.4, 0.5) is 0 Å². The Morgan fingerprint density at radius 3 is 2.56 bits per heavy atom. The van der Waals surface area contributed by atoms with Gasteiger partial charge in [0.05, 0.1) is 17.1 Å². The van der Waals surface area contributed by atoms with Gasteiger partial charge in [-0.2, -0.15) is 0 Å². The summed E-state index contributed by atoms with van der Waals surface area (Å²) in [5, 5.41) is 6.94. The van der Waals surface area contributed by atoms with Gasteiger partial charge in [-0.15, -0.1) is 24.8 Å². The van der Waals surface area contributed by atoms with Gasteiger partial charge < -0.3 is 24.5 Å².